The quantitative estimate of drug-likeness (QED) is 0.158. The van der Waals surface area contributed by atoms with Crippen LogP contribution in [0.2, 0.25) is 10.0 Å². The molecule has 5 aromatic rings. The highest BCUT2D eigenvalue weighted by Crippen LogP contribution is 2.59. The molecule has 39 heavy (non-hydrogen) atoms. The van der Waals surface area contributed by atoms with Crippen molar-refractivity contribution in [2.75, 3.05) is 13.9 Å². The number of methoxy groups -OCH3 is 1. The Balaban J connectivity index is 1.71. The minimum atomic E-state index is -0.765. The number of aromatic hydroxyl groups is 3. The largest absolute Gasteiger partial charge is 0.507 e. The number of rotatable bonds is 1. The van der Waals surface area contributed by atoms with Crippen LogP contribution < -0.4 is 20.5 Å². The van der Waals surface area contributed by atoms with E-state index in [4.69, 9.17) is 41.8 Å². The molecule has 0 unspecified atom stereocenters. The number of benzene rings is 3. The van der Waals surface area contributed by atoms with E-state index in [0.717, 1.165) is 0 Å². The Morgan fingerprint density at radius 3 is 2.49 bits per heavy atom. The normalized spacial score (nSPS) is 15.8. The van der Waals surface area contributed by atoms with Crippen LogP contribution in [0.4, 0.5) is 0 Å². The first-order valence-electron chi connectivity index (χ1n) is 11.7. The van der Waals surface area contributed by atoms with Crippen LogP contribution in [-0.4, -0.2) is 34.2 Å². The van der Waals surface area contributed by atoms with E-state index in [1.54, 1.807) is 6.92 Å². The second-order valence-electron chi connectivity index (χ2n) is 9.37. The van der Waals surface area contributed by atoms with Crippen molar-refractivity contribution in [3.05, 3.63) is 59.6 Å². The number of pyridine rings is 1. The Morgan fingerprint density at radius 2 is 1.74 bits per heavy atom. The monoisotopic (exact) mass is 569 g/mol. The van der Waals surface area contributed by atoms with Crippen LogP contribution >= 0.6 is 23.2 Å². The number of H-pyrrole nitrogens is 1. The molecule has 3 aromatic carbocycles. The molecule has 2 aliphatic rings. The fraction of sp³-hybridized carbons (Fsp3) is 0.185. The van der Waals surface area contributed by atoms with Gasteiger partial charge in [-0.05, 0) is 19.1 Å². The van der Waals surface area contributed by atoms with Crippen LogP contribution in [0.25, 0.3) is 43.8 Å². The van der Waals surface area contributed by atoms with Gasteiger partial charge in [-0.3, -0.25) is 9.59 Å². The summed E-state index contributed by atoms with van der Waals surface area (Å²) < 4.78 is 23.1. The van der Waals surface area contributed by atoms with Crippen LogP contribution in [0, 0.1) is 6.92 Å². The summed E-state index contributed by atoms with van der Waals surface area (Å²) in [5, 5.41) is 34.3. The van der Waals surface area contributed by atoms with Gasteiger partial charge in [-0.1, -0.05) is 23.2 Å². The summed E-state index contributed by atoms with van der Waals surface area (Å²) in [4.78, 5) is 29.2. The lowest BCUT2D eigenvalue weighted by Gasteiger charge is -2.34. The van der Waals surface area contributed by atoms with Crippen LogP contribution in [-0.2, 0) is 11.2 Å². The fourth-order valence-electron chi connectivity index (χ4n) is 5.72. The van der Waals surface area contributed by atoms with Crippen LogP contribution in [0.5, 0.6) is 28.7 Å². The van der Waals surface area contributed by atoms with Gasteiger partial charge in [0.05, 0.1) is 39.4 Å². The zero-order valence-corrected chi connectivity index (χ0v) is 21.7. The van der Waals surface area contributed by atoms with Crippen molar-refractivity contribution in [2.24, 2.45) is 0 Å². The van der Waals surface area contributed by atoms with Gasteiger partial charge in [0.25, 0.3) is 5.56 Å². The Bertz CT molecular complexity index is 2080. The molecule has 12 heteroatoms. The maximum Gasteiger partial charge on any atom is 0.260 e. The zero-order valence-electron chi connectivity index (χ0n) is 20.2. The van der Waals surface area contributed by atoms with Crippen molar-refractivity contribution in [2.45, 2.75) is 19.4 Å². The van der Waals surface area contributed by atoms with E-state index in [-0.39, 0.29) is 95.5 Å². The van der Waals surface area contributed by atoms with Gasteiger partial charge in [0, 0.05) is 34.4 Å². The smallest absolute Gasteiger partial charge is 0.260 e. The number of hydrogen-bond acceptors (Lipinski definition) is 9. The number of phenols is 3. The third-order valence-corrected chi connectivity index (χ3v) is 8.19. The predicted octanol–water partition coefficient (Wildman–Crippen LogP) is 5.16. The van der Waals surface area contributed by atoms with E-state index in [1.165, 1.54) is 19.2 Å². The second-order valence-corrected chi connectivity index (χ2v) is 10.2. The van der Waals surface area contributed by atoms with E-state index in [0.29, 0.717) is 5.69 Å². The lowest BCUT2D eigenvalue weighted by Crippen LogP contribution is -2.24. The lowest BCUT2D eigenvalue weighted by atomic mass is 9.79. The number of ether oxygens (including phenoxy) is 3. The highest BCUT2D eigenvalue weighted by atomic mass is 35.5. The van der Waals surface area contributed by atoms with Gasteiger partial charge < -0.3 is 38.9 Å². The summed E-state index contributed by atoms with van der Waals surface area (Å²) in [6, 6.07) is 2.91. The third kappa shape index (κ3) is 2.90. The molecule has 1 aliphatic heterocycles. The molecular weight excluding hydrogens is 553 g/mol. The highest BCUT2D eigenvalue weighted by molar-refractivity contribution is 6.37. The standard InChI is InChI=1S/C27H17Cl2NO9/c1-7-18(29)15-16(27(35)30-7)21(33)12-9(20(15)32)5-11-13-14(12)22(34)17-19(31)8-3-4-10(28)24(36-2)23(8)39-26(17)25(13)38-6-37-11/h3-4,11,32-34H,5-6H2,1-2H3,(H,30,35)/t11-/m1/s1. The Morgan fingerprint density at radius 1 is 1.00 bits per heavy atom. The van der Waals surface area contributed by atoms with E-state index in [9.17, 15) is 24.9 Å². The number of aryl methyl sites for hydroxylation is 1. The first kappa shape index (κ1) is 24.0. The predicted molar refractivity (Wildman–Crippen MR) is 143 cm³/mol. The highest BCUT2D eigenvalue weighted by Gasteiger charge is 2.41. The average molecular weight is 570 g/mol. The Kier molecular flexibility index (Phi) is 4.88. The van der Waals surface area contributed by atoms with Gasteiger partial charge in [0.2, 0.25) is 5.43 Å². The molecule has 3 heterocycles. The van der Waals surface area contributed by atoms with Crippen LogP contribution in [0.15, 0.2) is 26.1 Å². The van der Waals surface area contributed by atoms with Gasteiger partial charge in [-0.2, -0.15) is 0 Å². The fourth-order valence-corrected chi connectivity index (χ4v) is 6.18. The molecule has 7 rings (SSSR count). The second kappa shape index (κ2) is 7.95. The van der Waals surface area contributed by atoms with Crippen molar-refractivity contribution < 1.29 is 33.9 Å². The number of hydrogen-bond donors (Lipinski definition) is 4. The molecule has 198 valence electrons. The van der Waals surface area contributed by atoms with Gasteiger partial charge in [-0.15, -0.1) is 0 Å². The van der Waals surface area contributed by atoms with Crippen molar-refractivity contribution in [3.63, 3.8) is 0 Å². The molecule has 0 amide bonds. The van der Waals surface area contributed by atoms with Gasteiger partial charge in [0.15, 0.2) is 29.5 Å². The van der Waals surface area contributed by atoms with Gasteiger partial charge in [0.1, 0.15) is 22.6 Å². The van der Waals surface area contributed by atoms with E-state index >= 15 is 0 Å². The average Bonchev–Trinajstić information content (AvgIpc) is 2.91. The van der Waals surface area contributed by atoms with E-state index in [2.05, 4.69) is 4.98 Å². The molecule has 1 atom stereocenters. The first-order chi connectivity index (χ1) is 18.6. The van der Waals surface area contributed by atoms with Gasteiger partial charge in [-0.25, -0.2) is 0 Å². The Labute approximate surface area is 227 Å². The molecule has 10 nitrogen and oxygen atoms in total. The summed E-state index contributed by atoms with van der Waals surface area (Å²) in [5.74, 6) is -1.18. The molecule has 2 aromatic heterocycles. The summed E-state index contributed by atoms with van der Waals surface area (Å²) in [7, 11) is 1.38. The number of fused-ring (bicyclic) bond motifs is 6. The van der Waals surface area contributed by atoms with E-state index in [1.807, 2.05) is 0 Å². The number of aromatic nitrogens is 1. The van der Waals surface area contributed by atoms with E-state index < -0.39 is 28.6 Å². The molecule has 0 saturated heterocycles. The molecule has 0 saturated carbocycles. The SMILES string of the molecule is COc1c(Cl)ccc2c(=O)c3c(O)c4c5c(c3oc12)OCO[C@@H]5Cc1c-4c(O)c2c(=O)[nH]c(C)c(Cl)c2c1O. The van der Waals surface area contributed by atoms with Gasteiger partial charge >= 0.3 is 0 Å². The Hall–Kier alpha value is -4.12. The first-order valence-corrected chi connectivity index (χ1v) is 12.5. The van der Waals surface area contributed by atoms with Crippen LogP contribution in [0.1, 0.15) is 22.9 Å². The zero-order chi connectivity index (χ0) is 27.5. The minimum absolute atomic E-state index is 0.0261. The van der Waals surface area contributed by atoms with Crippen molar-refractivity contribution in [1.29, 1.82) is 0 Å². The summed E-state index contributed by atoms with van der Waals surface area (Å²) >= 11 is 12.7. The summed E-state index contributed by atoms with van der Waals surface area (Å²) in [5.41, 5.74) is -0.610. The molecule has 1 aliphatic carbocycles. The lowest BCUT2D eigenvalue weighted by molar-refractivity contribution is -0.0592. The molecule has 0 spiro atoms. The molecular formula is C27H17Cl2NO9. The van der Waals surface area contributed by atoms with Crippen molar-refractivity contribution >= 4 is 55.9 Å². The molecule has 0 radical (unpaired) electrons. The number of halogens is 2. The van der Waals surface area contributed by atoms with Crippen molar-refractivity contribution in [3.8, 4) is 39.9 Å². The maximum absolute atomic E-state index is 13.8. The third-order valence-electron chi connectivity index (χ3n) is 7.42. The minimum Gasteiger partial charge on any atom is -0.507 e. The van der Waals surface area contributed by atoms with Crippen LogP contribution in [0.3, 0.4) is 0 Å². The number of phenolic OH excluding ortho intramolecular Hbond substituents is 3. The summed E-state index contributed by atoms with van der Waals surface area (Å²) in [6.45, 7) is 1.34. The maximum atomic E-state index is 13.8. The molecule has 0 fully saturated rings. The number of nitrogens with one attached hydrogen (secondary N) is 1. The van der Waals surface area contributed by atoms with Crippen molar-refractivity contribution in [1.82, 2.24) is 4.98 Å². The summed E-state index contributed by atoms with van der Waals surface area (Å²) in [6.07, 6.45) is -0.730. The molecule has 0 bridgehead atoms. The molecule has 4 N–H and O–H groups in total. The topological polar surface area (TPSA) is 151 Å². The number of aromatic amines is 1.